The van der Waals surface area contributed by atoms with Gasteiger partial charge in [-0.2, -0.15) is 0 Å². The predicted molar refractivity (Wildman–Crippen MR) is 99.9 cm³/mol. The highest BCUT2D eigenvalue weighted by atomic mass is 35.5. The Labute approximate surface area is 157 Å². The molecule has 0 saturated heterocycles. The number of hydrogen-bond acceptors (Lipinski definition) is 5. The van der Waals surface area contributed by atoms with Crippen LogP contribution >= 0.6 is 11.6 Å². The van der Waals surface area contributed by atoms with Gasteiger partial charge in [-0.25, -0.2) is 9.78 Å². The van der Waals surface area contributed by atoms with Crippen LogP contribution < -0.4 is 9.47 Å². The Balaban J connectivity index is 1.89. The van der Waals surface area contributed by atoms with Crippen LogP contribution in [0, 0.1) is 0 Å². The maximum absolute atomic E-state index is 11.9. The van der Waals surface area contributed by atoms with Gasteiger partial charge in [-0.15, -0.1) is 0 Å². The van der Waals surface area contributed by atoms with Crippen LogP contribution in [0.15, 0.2) is 46.9 Å². The summed E-state index contributed by atoms with van der Waals surface area (Å²) in [5.41, 5.74) is 2.35. The van der Waals surface area contributed by atoms with Crippen LogP contribution in [-0.2, 0) is 0 Å². The fourth-order valence-electron chi connectivity index (χ4n) is 3.35. The molecule has 0 unspecified atom stereocenters. The van der Waals surface area contributed by atoms with Crippen LogP contribution in [0.1, 0.15) is 10.4 Å². The van der Waals surface area contributed by atoms with Crippen LogP contribution in [0.2, 0.25) is 5.15 Å². The summed E-state index contributed by atoms with van der Waals surface area (Å²) >= 11 is 6.26. The molecular formula is C20H12ClNO5. The average Bonchev–Trinajstić information content (AvgIpc) is 3.04. The van der Waals surface area contributed by atoms with Crippen LogP contribution in [0.3, 0.4) is 0 Å². The lowest BCUT2D eigenvalue weighted by Gasteiger charge is -2.19. The molecule has 3 heterocycles. The normalized spacial score (nSPS) is 13.2. The highest BCUT2D eigenvalue weighted by Gasteiger charge is 2.26. The first kappa shape index (κ1) is 16.0. The van der Waals surface area contributed by atoms with E-state index in [0.29, 0.717) is 52.5 Å². The maximum atomic E-state index is 11.9. The second-order valence-corrected chi connectivity index (χ2v) is 6.45. The van der Waals surface area contributed by atoms with Crippen molar-refractivity contribution in [3.63, 3.8) is 0 Å². The molecule has 0 amide bonds. The highest BCUT2D eigenvalue weighted by molar-refractivity contribution is 6.34. The van der Waals surface area contributed by atoms with Gasteiger partial charge in [0.1, 0.15) is 35.0 Å². The third-order valence-electron chi connectivity index (χ3n) is 4.51. The third-order valence-corrected chi connectivity index (χ3v) is 4.78. The number of pyridine rings is 1. The van der Waals surface area contributed by atoms with Crippen molar-refractivity contribution in [2.24, 2.45) is 0 Å². The first-order valence-electron chi connectivity index (χ1n) is 8.27. The molecule has 0 saturated carbocycles. The number of aromatic carboxylic acids is 1. The molecule has 4 aromatic rings. The van der Waals surface area contributed by atoms with Gasteiger partial charge in [-0.1, -0.05) is 29.8 Å². The molecule has 0 spiro atoms. The average molecular weight is 382 g/mol. The van der Waals surface area contributed by atoms with Crippen LogP contribution in [0.4, 0.5) is 0 Å². The molecule has 0 aliphatic carbocycles. The zero-order chi connectivity index (χ0) is 18.5. The van der Waals surface area contributed by atoms with E-state index in [1.807, 2.05) is 18.2 Å². The fraction of sp³-hybridized carbons (Fsp3) is 0.100. The van der Waals surface area contributed by atoms with E-state index in [1.54, 1.807) is 24.3 Å². The third kappa shape index (κ3) is 2.41. The van der Waals surface area contributed by atoms with Gasteiger partial charge in [0.25, 0.3) is 0 Å². The molecule has 2 aromatic heterocycles. The summed E-state index contributed by atoms with van der Waals surface area (Å²) in [4.78, 5) is 16.2. The van der Waals surface area contributed by atoms with Crippen molar-refractivity contribution in [2.45, 2.75) is 0 Å². The van der Waals surface area contributed by atoms with E-state index in [4.69, 9.17) is 25.5 Å². The van der Waals surface area contributed by atoms with Crippen LogP contribution in [0.5, 0.6) is 11.5 Å². The molecule has 7 heteroatoms. The lowest BCUT2D eigenvalue weighted by atomic mass is 9.99. The molecule has 0 fully saturated rings. The predicted octanol–water partition coefficient (Wildman–Crippen LogP) is 4.77. The number of benzene rings is 2. The second kappa shape index (κ2) is 5.89. The van der Waals surface area contributed by atoms with Crippen LogP contribution in [-0.4, -0.2) is 29.3 Å². The Bertz CT molecular complexity index is 1230. The molecule has 5 rings (SSSR count). The largest absolute Gasteiger partial charge is 0.486 e. The molecule has 6 nitrogen and oxygen atoms in total. The Morgan fingerprint density at radius 3 is 2.67 bits per heavy atom. The van der Waals surface area contributed by atoms with Crippen LogP contribution in [0.25, 0.3) is 33.2 Å². The van der Waals surface area contributed by atoms with Gasteiger partial charge in [0.05, 0.1) is 0 Å². The molecule has 0 atom stereocenters. The SMILES string of the molecule is O=C(O)c1c(Cl)nc2c(oc3ccccc32)c1-c1ccc2c(c1)OCCO2. The van der Waals surface area contributed by atoms with Gasteiger partial charge in [-0.05, 0) is 29.8 Å². The smallest absolute Gasteiger partial charge is 0.339 e. The number of ether oxygens (including phenoxy) is 2. The van der Waals surface area contributed by atoms with Crippen molar-refractivity contribution in [1.29, 1.82) is 0 Å². The van der Waals surface area contributed by atoms with Crippen molar-refractivity contribution in [3.8, 4) is 22.6 Å². The van der Waals surface area contributed by atoms with Gasteiger partial charge in [0.15, 0.2) is 17.1 Å². The minimum atomic E-state index is -1.18. The van der Waals surface area contributed by atoms with Crippen molar-refractivity contribution >= 4 is 39.6 Å². The summed E-state index contributed by atoms with van der Waals surface area (Å²) in [6, 6.07) is 12.6. The van der Waals surface area contributed by atoms with E-state index < -0.39 is 5.97 Å². The number of furan rings is 1. The number of para-hydroxylation sites is 1. The van der Waals surface area contributed by atoms with E-state index in [1.165, 1.54) is 0 Å². The molecule has 1 aliphatic rings. The lowest BCUT2D eigenvalue weighted by molar-refractivity contribution is 0.0697. The lowest BCUT2D eigenvalue weighted by Crippen LogP contribution is -2.15. The van der Waals surface area contributed by atoms with Gasteiger partial charge >= 0.3 is 5.97 Å². The zero-order valence-electron chi connectivity index (χ0n) is 13.9. The summed E-state index contributed by atoms with van der Waals surface area (Å²) in [5.74, 6) is -0.0186. The van der Waals surface area contributed by atoms with E-state index in [0.717, 1.165) is 5.39 Å². The zero-order valence-corrected chi connectivity index (χ0v) is 14.6. The van der Waals surface area contributed by atoms with E-state index in [-0.39, 0.29) is 10.7 Å². The van der Waals surface area contributed by atoms with Gasteiger partial charge in [-0.3, -0.25) is 0 Å². The number of halogens is 1. The molecule has 134 valence electrons. The minimum absolute atomic E-state index is 0.0913. The van der Waals surface area contributed by atoms with Gasteiger partial charge < -0.3 is 19.0 Å². The van der Waals surface area contributed by atoms with E-state index in [2.05, 4.69) is 4.98 Å². The van der Waals surface area contributed by atoms with Crippen molar-refractivity contribution in [2.75, 3.05) is 13.2 Å². The number of carboxylic acid groups (broad SMARTS) is 1. The Kier molecular flexibility index (Phi) is 3.48. The fourth-order valence-corrected chi connectivity index (χ4v) is 3.61. The van der Waals surface area contributed by atoms with E-state index in [9.17, 15) is 9.90 Å². The Hall–Kier alpha value is -3.25. The number of nitrogens with zero attached hydrogens (tertiary/aromatic N) is 1. The van der Waals surface area contributed by atoms with Crippen molar-refractivity contribution in [3.05, 3.63) is 53.2 Å². The summed E-state index contributed by atoms with van der Waals surface area (Å²) in [6.45, 7) is 0.904. The number of fused-ring (bicyclic) bond motifs is 4. The maximum Gasteiger partial charge on any atom is 0.339 e. The first-order chi connectivity index (χ1) is 13.1. The number of aromatic nitrogens is 1. The summed E-state index contributed by atoms with van der Waals surface area (Å²) < 4.78 is 17.2. The number of rotatable bonds is 2. The Morgan fingerprint density at radius 2 is 1.85 bits per heavy atom. The molecule has 0 bridgehead atoms. The van der Waals surface area contributed by atoms with Crippen molar-refractivity contribution < 1.29 is 23.8 Å². The number of carbonyl (C=O) groups is 1. The summed E-state index contributed by atoms with van der Waals surface area (Å²) in [5, 5.41) is 10.4. The number of hydrogen-bond donors (Lipinski definition) is 1. The second-order valence-electron chi connectivity index (χ2n) is 6.09. The summed E-state index contributed by atoms with van der Waals surface area (Å²) in [6.07, 6.45) is 0. The Morgan fingerprint density at radius 1 is 1.07 bits per heavy atom. The monoisotopic (exact) mass is 381 g/mol. The molecule has 2 aromatic carbocycles. The highest BCUT2D eigenvalue weighted by Crippen LogP contribution is 2.42. The van der Waals surface area contributed by atoms with E-state index >= 15 is 0 Å². The van der Waals surface area contributed by atoms with Gasteiger partial charge in [0.2, 0.25) is 0 Å². The molecular weight excluding hydrogens is 370 g/mol. The molecule has 1 N–H and O–H groups in total. The summed E-state index contributed by atoms with van der Waals surface area (Å²) in [7, 11) is 0. The van der Waals surface area contributed by atoms with Gasteiger partial charge in [0, 0.05) is 10.9 Å². The molecule has 1 aliphatic heterocycles. The van der Waals surface area contributed by atoms with Crippen molar-refractivity contribution in [1.82, 2.24) is 4.98 Å². The minimum Gasteiger partial charge on any atom is -0.486 e. The quantitative estimate of drug-likeness (QED) is 0.503. The standard InChI is InChI=1S/C20H12ClNO5/c21-19-16(20(23)24)15(10-5-6-13-14(9-10)26-8-7-25-13)18-17(22-19)11-3-1-2-4-12(11)27-18/h1-6,9H,7-8H2,(H,23,24). The number of carboxylic acids is 1. The molecule has 0 radical (unpaired) electrons. The topological polar surface area (TPSA) is 81.8 Å². The molecule has 27 heavy (non-hydrogen) atoms. The first-order valence-corrected chi connectivity index (χ1v) is 8.65.